The van der Waals surface area contributed by atoms with E-state index in [4.69, 9.17) is 0 Å². The fourth-order valence-electron chi connectivity index (χ4n) is 3.32. The van der Waals surface area contributed by atoms with Gasteiger partial charge in [-0.05, 0) is 31.9 Å². The molecule has 2 heterocycles. The summed E-state index contributed by atoms with van der Waals surface area (Å²) in [6, 6.07) is 5.94. The van der Waals surface area contributed by atoms with Gasteiger partial charge in [-0.2, -0.15) is 0 Å². The van der Waals surface area contributed by atoms with Gasteiger partial charge in [-0.15, -0.1) is 0 Å². The Labute approximate surface area is 162 Å². The topological polar surface area (TPSA) is 107 Å². The smallest absolute Gasteiger partial charge is 0.322 e. The summed E-state index contributed by atoms with van der Waals surface area (Å²) in [4.78, 5) is 65.2. The number of hydrogen-bond acceptors (Lipinski definition) is 5. The summed E-state index contributed by atoms with van der Waals surface area (Å²) in [6.45, 7) is 6.23. The van der Waals surface area contributed by atoms with E-state index in [1.807, 2.05) is 13.8 Å². The molecule has 1 saturated heterocycles. The number of hydrogen-bond donors (Lipinski definition) is 1. The second-order valence-electron chi connectivity index (χ2n) is 7.74. The zero-order valence-electron chi connectivity index (χ0n) is 16.2. The number of rotatable bonds is 4. The molecule has 9 nitrogen and oxygen atoms in total. The molecule has 1 aromatic carbocycles. The van der Waals surface area contributed by atoms with Crippen molar-refractivity contribution < 1.29 is 24.0 Å². The van der Waals surface area contributed by atoms with Crippen LogP contribution in [0.4, 0.5) is 16.2 Å². The highest BCUT2D eigenvalue weighted by Gasteiger charge is 2.48. The summed E-state index contributed by atoms with van der Waals surface area (Å²) in [5, 5.41) is 2.74. The minimum absolute atomic E-state index is 0.0204. The van der Waals surface area contributed by atoms with Gasteiger partial charge in [0.2, 0.25) is 11.8 Å². The Morgan fingerprint density at radius 2 is 1.64 bits per heavy atom. The summed E-state index contributed by atoms with van der Waals surface area (Å²) >= 11 is 0. The lowest BCUT2D eigenvalue weighted by Crippen LogP contribution is -2.60. The molecule has 2 aliphatic heterocycles. The van der Waals surface area contributed by atoms with Crippen LogP contribution in [0.5, 0.6) is 0 Å². The quantitative estimate of drug-likeness (QED) is 0.618. The van der Waals surface area contributed by atoms with Gasteiger partial charge in [0, 0.05) is 6.54 Å². The van der Waals surface area contributed by atoms with Crippen molar-refractivity contribution in [2.24, 2.45) is 5.92 Å². The average Bonchev–Trinajstić information content (AvgIpc) is 2.80. The van der Waals surface area contributed by atoms with Crippen LogP contribution >= 0.6 is 0 Å². The Balaban J connectivity index is 1.90. The first-order chi connectivity index (χ1) is 13.1. The molecule has 1 N–H and O–H groups in total. The maximum Gasteiger partial charge on any atom is 0.334 e. The second-order valence-corrected chi connectivity index (χ2v) is 7.74. The van der Waals surface area contributed by atoms with Crippen LogP contribution in [0.25, 0.3) is 0 Å². The van der Waals surface area contributed by atoms with Gasteiger partial charge in [0.15, 0.2) is 0 Å². The lowest BCUT2D eigenvalue weighted by atomic mass is 9.96. The molecular weight excluding hydrogens is 364 g/mol. The van der Waals surface area contributed by atoms with Gasteiger partial charge in [0.25, 0.3) is 0 Å². The van der Waals surface area contributed by atoms with E-state index in [1.54, 1.807) is 38.1 Å². The van der Waals surface area contributed by atoms with Crippen molar-refractivity contribution in [2.75, 3.05) is 23.3 Å². The summed E-state index contributed by atoms with van der Waals surface area (Å²) in [5.41, 5.74) is -0.322. The molecule has 3 rings (SSSR count). The molecular formula is C19H22N4O5. The van der Waals surface area contributed by atoms with Crippen molar-refractivity contribution in [2.45, 2.75) is 33.2 Å². The number of anilines is 2. The molecule has 0 saturated carbocycles. The van der Waals surface area contributed by atoms with E-state index in [-0.39, 0.29) is 12.5 Å². The number of para-hydroxylation sites is 2. The third-order valence-electron chi connectivity index (χ3n) is 4.73. The third kappa shape index (κ3) is 3.02. The number of fused-ring (bicyclic) bond motifs is 1. The Morgan fingerprint density at radius 1 is 1.04 bits per heavy atom. The number of carbonyl (C=O) groups excluding carboxylic acids is 5. The number of urea groups is 1. The van der Waals surface area contributed by atoms with E-state index >= 15 is 0 Å². The number of imide groups is 2. The number of benzene rings is 1. The molecule has 0 aromatic heterocycles. The number of nitrogens with one attached hydrogen (secondary N) is 1. The van der Waals surface area contributed by atoms with Gasteiger partial charge >= 0.3 is 17.8 Å². The highest BCUT2D eigenvalue weighted by molar-refractivity contribution is 6.45. The van der Waals surface area contributed by atoms with E-state index < -0.39 is 41.7 Å². The van der Waals surface area contributed by atoms with Gasteiger partial charge in [0.05, 0.1) is 11.4 Å². The average molecular weight is 386 g/mol. The largest absolute Gasteiger partial charge is 0.334 e. The van der Waals surface area contributed by atoms with Crippen LogP contribution < -0.4 is 10.2 Å². The number of amides is 6. The van der Waals surface area contributed by atoms with E-state index in [0.29, 0.717) is 16.3 Å². The molecule has 28 heavy (non-hydrogen) atoms. The fraction of sp³-hybridized carbons (Fsp3) is 0.421. The molecule has 0 bridgehead atoms. The zero-order chi connectivity index (χ0) is 20.8. The van der Waals surface area contributed by atoms with Gasteiger partial charge in [-0.1, -0.05) is 26.0 Å². The van der Waals surface area contributed by atoms with Crippen molar-refractivity contribution in [1.29, 1.82) is 0 Å². The van der Waals surface area contributed by atoms with Gasteiger partial charge in [-0.3, -0.25) is 29.0 Å². The van der Waals surface area contributed by atoms with Crippen molar-refractivity contribution in [3.63, 3.8) is 0 Å². The van der Waals surface area contributed by atoms with E-state index in [0.717, 1.165) is 4.90 Å². The molecule has 148 valence electrons. The van der Waals surface area contributed by atoms with Crippen molar-refractivity contribution in [3.8, 4) is 0 Å². The molecule has 0 atom stereocenters. The summed E-state index contributed by atoms with van der Waals surface area (Å²) in [7, 11) is 0. The minimum Gasteiger partial charge on any atom is -0.322 e. The minimum atomic E-state index is -1.24. The molecule has 9 heteroatoms. The van der Waals surface area contributed by atoms with Crippen LogP contribution in [0.3, 0.4) is 0 Å². The first-order valence-corrected chi connectivity index (χ1v) is 8.96. The van der Waals surface area contributed by atoms with Crippen LogP contribution in [0.2, 0.25) is 0 Å². The second kappa shape index (κ2) is 6.74. The normalized spacial score (nSPS) is 18.7. The van der Waals surface area contributed by atoms with E-state index in [9.17, 15) is 24.0 Å². The predicted molar refractivity (Wildman–Crippen MR) is 100 cm³/mol. The lowest BCUT2D eigenvalue weighted by Gasteiger charge is -2.42. The monoisotopic (exact) mass is 386 g/mol. The Hall–Kier alpha value is -3.23. The summed E-state index contributed by atoms with van der Waals surface area (Å²) < 4.78 is 0. The first kappa shape index (κ1) is 19.5. The third-order valence-corrected chi connectivity index (χ3v) is 4.73. The summed E-state index contributed by atoms with van der Waals surface area (Å²) in [5.74, 6) is -3.02. The predicted octanol–water partition coefficient (Wildman–Crippen LogP) is 1.20. The van der Waals surface area contributed by atoms with Gasteiger partial charge in [-0.25, -0.2) is 9.69 Å². The van der Waals surface area contributed by atoms with Crippen molar-refractivity contribution in [3.05, 3.63) is 24.3 Å². The fourth-order valence-corrected chi connectivity index (χ4v) is 3.32. The molecule has 0 aliphatic carbocycles. The maximum absolute atomic E-state index is 13.1. The molecule has 1 fully saturated rings. The molecule has 0 spiro atoms. The Morgan fingerprint density at radius 3 is 2.29 bits per heavy atom. The SMILES string of the molecule is CC(C)CN1C(=O)C(=O)N(CC(=O)N2c3ccccc3NC(=O)C2(C)C)C1=O. The lowest BCUT2D eigenvalue weighted by molar-refractivity contribution is -0.144. The van der Waals surface area contributed by atoms with Crippen LogP contribution in [-0.4, -0.2) is 58.1 Å². The molecule has 6 amide bonds. The maximum atomic E-state index is 13.1. The highest BCUT2D eigenvalue weighted by atomic mass is 16.2. The standard InChI is InChI=1S/C19H22N4O5/c1-11(2)9-21-15(25)16(26)22(18(21)28)10-14(24)23-13-8-6-5-7-12(13)20-17(27)19(23,3)4/h5-8,11H,9-10H2,1-4H3,(H,20,27). The summed E-state index contributed by atoms with van der Waals surface area (Å²) in [6.07, 6.45) is 0. The van der Waals surface area contributed by atoms with Gasteiger partial charge < -0.3 is 5.32 Å². The van der Waals surface area contributed by atoms with Gasteiger partial charge in [0.1, 0.15) is 12.1 Å². The van der Waals surface area contributed by atoms with Crippen LogP contribution in [0, 0.1) is 5.92 Å². The Kier molecular flexibility index (Phi) is 4.70. The highest BCUT2D eigenvalue weighted by Crippen LogP contribution is 2.36. The number of nitrogens with zero attached hydrogens (tertiary/aromatic N) is 3. The molecule has 0 unspecified atom stereocenters. The zero-order valence-corrected chi connectivity index (χ0v) is 16.2. The molecule has 1 aromatic rings. The van der Waals surface area contributed by atoms with Crippen LogP contribution in [-0.2, 0) is 19.2 Å². The van der Waals surface area contributed by atoms with Crippen LogP contribution in [0.15, 0.2) is 24.3 Å². The van der Waals surface area contributed by atoms with Crippen LogP contribution in [0.1, 0.15) is 27.7 Å². The molecule has 2 aliphatic rings. The van der Waals surface area contributed by atoms with E-state index in [2.05, 4.69) is 5.32 Å². The first-order valence-electron chi connectivity index (χ1n) is 8.96. The number of carbonyl (C=O) groups is 5. The molecule has 0 radical (unpaired) electrons. The van der Waals surface area contributed by atoms with Crippen molar-refractivity contribution in [1.82, 2.24) is 9.80 Å². The van der Waals surface area contributed by atoms with Crippen molar-refractivity contribution >= 4 is 41.0 Å². The van der Waals surface area contributed by atoms with E-state index in [1.165, 1.54) is 4.90 Å². The Bertz CT molecular complexity index is 892.